The number of hydrogen-bond acceptors (Lipinski definition) is 2. The molecule has 4 heteroatoms. The number of rotatable bonds is 2. The van der Waals surface area contributed by atoms with E-state index in [4.69, 9.17) is 4.52 Å². The van der Waals surface area contributed by atoms with Crippen molar-refractivity contribution in [3.8, 4) is 0 Å². The van der Waals surface area contributed by atoms with Crippen LogP contribution in [0.2, 0.25) is 0 Å². The molecule has 0 amide bonds. The van der Waals surface area contributed by atoms with Gasteiger partial charge in [-0.05, 0) is 45.2 Å². The first-order valence-electron chi connectivity index (χ1n) is 6.42. The van der Waals surface area contributed by atoms with E-state index in [0.29, 0.717) is 0 Å². The normalized spacial score (nSPS) is 36.9. The summed E-state index contributed by atoms with van der Waals surface area (Å²) in [4.78, 5) is 0. The molecule has 0 aromatic heterocycles. The molecule has 5 radical (unpaired) electrons. The van der Waals surface area contributed by atoms with Crippen LogP contribution in [0.25, 0.3) is 0 Å². The van der Waals surface area contributed by atoms with E-state index in [1.165, 1.54) is 0 Å². The van der Waals surface area contributed by atoms with Crippen LogP contribution in [0.4, 0.5) is 0 Å². The zero-order valence-electron chi connectivity index (χ0n) is 11.1. The molecule has 1 saturated heterocycles. The first kappa shape index (κ1) is 13.4. The van der Waals surface area contributed by atoms with Gasteiger partial charge in [-0.25, -0.2) is 4.67 Å². The third-order valence-corrected chi connectivity index (χ3v) is 6.46. The summed E-state index contributed by atoms with van der Waals surface area (Å²) in [5.41, 5.74) is 1.85. The Morgan fingerprint density at radius 3 is 2.42 bits per heavy atom. The Labute approximate surface area is 115 Å². The Balaban J connectivity index is 1.89. The highest BCUT2D eigenvalue weighted by molar-refractivity contribution is 7.60. The highest BCUT2D eigenvalue weighted by Crippen LogP contribution is 2.70. The molecule has 1 aromatic carbocycles. The van der Waals surface area contributed by atoms with Gasteiger partial charge in [0, 0.05) is 6.04 Å². The average molecular weight is 274 g/mol. The predicted octanol–water partition coefficient (Wildman–Crippen LogP) is 3.63. The second-order valence-corrected chi connectivity index (χ2v) is 7.31. The molecule has 2 aliphatic rings. The lowest BCUT2D eigenvalue weighted by molar-refractivity contribution is 0.211. The molecule has 19 heavy (non-hydrogen) atoms. The number of nitrogens with zero attached hydrogens (tertiary/aromatic N) is 1. The summed E-state index contributed by atoms with van der Waals surface area (Å²) in [6, 6.07) is 10.1. The van der Waals surface area contributed by atoms with Crippen molar-refractivity contribution in [1.82, 2.24) is 4.67 Å². The van der Waals surface area contributed by atoms with Crippen molar-refractivity contribution in [2.24, 2.45) is 0 Å². The van der Waals surface area contributed by atoms with E-state index < -0.39 is 7.52 Å². The monoisotopic (exact) mass is 274 g/mol. The summed E-state index contributed by atoms with van der Waals surface area (Å²) in [6.45, 7) is 2.06. The lowest BCUT2D eigenvalue weighted by Crippen LogP contribution is -2.24. The van der Waals surface area contributed by atoms with E-state index in [1.807, 2.05) is 67.7 Å². The standard InChI is InChI=1S/C15H17NO2P/c1-12-15(13-8-4-3-5-9-13)18-19(17,16(12)2)14-10-6-7-11-14/h3-12,15H,1-2H3/t12-,15-,19-/m0/s1. The summed E-state index contributed by atoms with van der Waals surface area (Å²) < 4.78 is 21.0. The summed E-state index contributed by atoms with van der Waals surface area (Å²) >= 11 is 0. The van der Waals surface area contributed by atoms with Gasteiger partial charge >= 0.3 is 0 Å². The van der Waals surface area contributed by atoms with Gasteiger partial charge in [0.05, 0.1) is 5.66 Å². The van der Waals surface area contributed by atoms with Gasteiger partial charge in [-0.1, -0.05) is 30.3 Å². The van der Waals surface area contributed by atoms with Gasteiger partial charge in [-0.3, -0.25) is 4.57 Å². The smallest absolute Gasteiger partial charge is 0.280 e. The SMILES string of the molecule is C[C@H]1[C@@H](c2ccccc2)O[P@@](=O)([C]2[CH][CH][CH][CH]2)N1C. The van der Waals surface area contributed by atoms with Crippen LogP contribution >= 0.6 is 7.52 Å². The second kappa shape index (κ2) is 5.05. The molecular weight excluding hydrogens is 257 g/mol. The molecule has 3 nitrogen and oxygen atoms in total. The molecule has 0 N–H and O–H groups in total. The maximum atomic E-state index is 13.1. The molecule has 2 fully saturated rings. The van der Waals surface area contributed by atoms with E-state index in [9.17, 15) is 4.57 Å². The molecule has 3 atom stereocenters. The Morgan fingerprint density at radius 2 is 1.79 bits per heavy atom. The maximum absolute atomic E-state index is 13.1. The van der Waals surface area contributed by atoms with Gasteiger partial charge < -0.3 is 4.52 Å². The predicted molar refractivity (Wildman–Crippen MR) is 75.5 cm³/mol. The molecule has 0 spiro atoms. The molecule has 1 aliphatic heterocycles. The van der Waals surface area contributed by atoms with Crippen molar-refractivity contribution in [3.05, 3.63) is 67.2 Å². The van der Waals surface area contributed by atoms with Crippen molar-refractivity contribution in [2.45, 2.75) is 19.1 Å². The molecule has 3 rings (SSSR count). The average Bonchev–Trinajstić information content (AvgIpc) is 3.04. The molecular formula is C15H17NO2P. The van der Waals surface area contributed by atoms with Crippen molar-refractivity contribution in [2.75, 3.05) is 7.05 Å². The summed E-state index contributed by atoms with van der Waals surface area (Å²) in [5, 5.41) is 0. The van der Waals surface area contributed by atoms with E-state index in [0.717, 1.165) is 11.2 Å². The minimum absolute atomic E-state index is 0.0862. The van der Waals surface area contributed by atoms with E-state index in [1.54, 1.807) is 0 Å². The largest absolute Gasteiger partial charge is 0.307 e. The molecule has 0 unspecified atom stereocenters. The summed E-state index contributed by atoms with van der Waals surface area (Å²) in [6.07, 6.45) is 7.39. The van der Waals surface area contributed by atoms with Crippen LogP contribution < -0.4 is 0 Å². The highest BCUT2D eigenvalue weighted by Gasteiger charge is 2.52. The number of likely N-dealkylation sites (N-methyl/N-ethyl adjacent to an activating group) is 1. The van der Waals surface area contributed by atoms with Crippen LogP contribution in [-0.4, -0.2) is 17.8 Å². The molecule has 1 saturated carbocycles. The zero-order chi connectivity index (χ0) is 13.5. The first-order valence-corrected chi connectivity index (χ1v) is 7.99. The van der Waals surface area contributed by atoms with Crippen LogP contribution in [0.1, 0.15) is 18.6 Å². The van der Waals surface area contributed by atoms with E-state index in [-0.39, 0.29) is 12.1 Å². The van der Waals surface area contributed by atoms with Gasteiger partial charge in [-0.15, -0.1) is 0 Å². The van der Waals surface area contributed by atoms with Gasteiger partial charge in [0.2, 0.25) is 0 Å². The van der Waals surface area contributed by atoms with Crippen molar-refractivity contribution in [3.63, 3.8) is 0 Å². The Morgan fingerprint density at radius 1 is 1.16 bits per heavy atom. The Bertz CT molecular complexity index is 484. The fraction of sp³-hybridized carbons (Fsp3) is 0.267. The van der Waals surface area contributed by atoms with Crippen LogP contribution in [0.15, 0.2) is 30.3 Å². The molecule has 1 aromatic rings. The topological polar surface area (TPSA) is 29.5 Å². The molecule has 0 bridgehead atoms. The molecule has 1 heterocycles. The Kier molecular flexibility index (Phi) is 3.55. The highest BCUT2D eigenvalue weighted by atomic mass is 31.2. The minimum atomic E-state index is -2.91. The second-order valence-electron chi connectivity index (χ2n) is 4.91. The van der Waals surface area contributed by atoms with Crippen molar-refractivity contribution in [1.29, 1.82) is 0 Å². The van der Waals surface area contributed by atoms with Gasteiger partial charge in [-0.2, -0.15) is 0 Å². The fourth-order valence-electron chi connectivity index (χ4n) is 2.53. The zero-order valence-corrected chi connectivity index (χ0v) is 12.0. The van der Waals surface area contributed by atoms with Crippen molar-refractivity contribution < 1.29 is 9.09 Å². The van der Waals surface area contributed by atoms with E-state index >= 15 is 0 Å². The van der Waals surface area contributed by atoms with Crippen LogP contribution in [0.5, 0.6) is 0 Å². The first-order chi connectivity index (χ1) is 9.13. The lowest BCUT2D eigenvalue weighted by atomic mass is 10.0. The van der Waals surface area contributed by atoms with Gasteiger partial charge in [0.15, 0.2) is 0 Å². The third kappa shape index (κ3) is 2.18. The summed E-state index contributed by atoms with van der Waals surface area (Å²) in [5.74, 6) is 0. The summed E-state index contributed by atoms with van der Waals surface area (Å²) in [7, 11) is -1.03. The fourth-order valence-corrected chi connectivity index (χ4v) is 4.92. The van der Waals surface area contributed by atoms with Gasteiger partial charge in [0.1, 0.15) is 6.10 Å². The minimum Gasteiger partial charge on any atom is -0.307 e. The maximum Gasteiger partial charge on any atom is 0.280 e. The van der Waals surface area contributed by atoms with Crippen LogP contribution in [0.3, 0.4) is 0 Å². The number of hydrogen-bond donors (Lipinski definition) is 0. The van der Waals surface area contributed by atoms with Crippen LogP contribution in [0, 0.1) is 31.3 Å². The third-order valence-electron chi connectivity index (χ3n) is 3.80. The Hall–Kier alpha value is -0.630. The molecule has 99 valence electrons. The van der Waals surface area contributed by atoms with Crippen molar-refractivity contribution >= 4 is 7.52 Å². The quantitative estimate of drug-likeness (QED) is 0.771. The van der Waals surface area contributed by atoms with Gasteiger partial charge in [0.25, 0.3) is 7.52 Å². The number of benzene rings is 1. The van der Waals surface area contributed by atoms with E-state index in [2.05, 4.69) is 6.92 Å². The lowest BCUT2D eigenvalue weighted by Gasteiger charge is -2.24. The molecule has 1 aliphatic carbocycles. The van der Waals surface area contributed by atoms with Crippen LogP contribution in [-0.2, 0) is 9.09 Å².